The van der Waals surface area contributed by atoms with Gasteiger partial charge in [0.15, 0.2) is 5.13 Å². The number of aromatic nitrogens is 2. The Morgan fingerprint density at radius 3 is 2.67 bits per heavy atom. The Kier molecular flexibility index (Phi) is 9.92. The number of methoxy groups -OCH3 is 1. The van der Waals surface area contributed by atoms with E-state index < -0.39 is 0 Å². The molecule has 1 unspecified atom stereocenters. The van der Waals surface area contributed by atoms with E-state index in [2.05, 4.69) is 37.1 Å². The lowest BCUT2D eigenvalue weighted by molar-refractivity contribution is -0.131. The predicted molar refractivity (Wildman–Crippen MR) is 173 cm³/mol. The maximum atomic E-state index is 13.7. The molecule has 1 aromatic carbocycles. The number of amides is 1. The number of nitrogens with zero attached hydrogens (tertiary/aromatic N) is 7. The van der Waals surface area contributed by atoms with Gasteiger partial charge in [0.1, 0.15) is 11.4 Å². The van der Waals surface area contributed by atoms with E-state index in [1.165, 1.54) is 12.8 Å². The fourth-order valence-corrected chi connectivity index (χ4v) is 7.47. The van der Waals surface area contributed by atoms with Crippen molar-refractivity contribution in [2.45, 2.75) is 31.7 Å². The lowest BCUT2D eigenvalue weighted by Gasteiger charge is -2.31. The molecule has 1 amide bonds. The van der Waals surface area contributed by atoms with Crippen molar-refractivity contribution in [3.05, 3.63) is 41.5 Å². The molecule has 1 atom stereocenters. The van der Waals surface area contributed by atoms with Gasteiger partial charge >= 0.3 is 0 Å². The number of benzene rings is 1. The largest absolute Gasteiger partial charge is 0.494 e. The van der Waals surface area contributed by atoms with E-state index in [4.69, 9.17) is 19.4 Å². The summed E-state index contributed by atoms with van der Waals surface area (Å²) < 4.78 is 11.4. The number of pyridine rings is 1. The standard InChI is InChI=1S/C32H45N7O3S/c1-35(15-16-36-11-3-4-12-36)29(40)23-27(26-24-43-32(34-26)39-19-21-42-22-20-39)37-13-6-14-38(18-17-37)31-28(41-2)9-8-25-7-5-10-33-30(25)31/h5,7-10,24,27H,3-4,6,11-23H2,1-2H3. The molecular weight excluding hydrogens is 562 g/mol. The van der Waals surface area contributed by atoms with Gasteiger partial charge in [-0.25, -0.2) is 4.98 Å². The molecule has 3 aliphatic heterocycles. The van der Waals surface area contributed by atoms with Crippen LogP contribution in [-0.4, -0.2) is 123 Å². The number of likely N-dealkylation sites (N-methyl/N-ethyl adjacent to an activating group) is 1. The molecule has 2 aromatic heterocycles. The molecular formula is C32H45N7O3S. The molecule has 0 saturated carbocycles. The van der Waals surface area contributed by atoms with Crippen LogP contribution in [0.5, 0.6) is 5.75 Å². The molecule has 3 fully saturated rings. The van der Waals surface area contributed by atoms with Gasteiger partial charge in [0.25, 0.3) is 0 Å². The van der Waals surface area contributed by atoms with Gasteiger partial charge in [-0.2, -0.15) is 0 Å². The third-order valence-electron chi connectivity index (χ3n) is 9.10. The fourth-order valence-electron chi connectivity index (χ4n) is 6.55. The minimum Gasteiger partial charge on any atom is -0.494 e. The van der Waals surface area contributed by atoms with Crippen LogP contribution in [0, 0.1) is 0 Å². The van der Waals surface area contributed by atoms with Gasteiger partial charge in [-0.1, -0.05) is 6.07 Å². The van der Waals surface area contributed by atoms with E-state index in [9.17, 15) is 4.79 Å². The van der Waals surface area contributed by atoms with E-state index in [0.717, 1.165) is 118 Å². The lowest BCUT2D eigenvalue weighted by Crippen LogP contribution is -2.39. The topological polar surface area (TPSA) is 77.5 Å². The van der Waals surface area contributed by atoms with Crippen molar-refractivity contribution in [2.24, 2.45) is 0 Å². The van der Waals surface area contributed by atoms with Crippen LogP contribution in [0.3, 0.4) is 0 Å². The highest BCUT2D eigenvalue weighted by Crippen LogP contribution is 2.37. The number of fused-ring (bicyclic) bond motifs is 1. The van der Waals surface area contributed by atoms with Gasteiger partial charge in [-0.05, 0) is 50.6 Å². The maximum absolute atomic E-state index is 13.7. The Labute approximate surface area is 259 Å². The summed E-state index contributed by atoms with van der Waals surface area (Å²) in [5, 5.41) is 4.31. The van der Waals surface area contributed by atoms with E-state index in [1.54, 1.807) is 18.4 Å². The Morgan fingerprint density at radius 2 is 1.86 bits per heavy atom. The minimum absolute atomic E-state index is 0.0692. The summed E-state index contributed by atoms with van der Waals surface area (Å²) in [6, 6.07) is 8.13. The first-order valence-electron chi connectivity index (χ1n) is 15.8. The van der Waals surface area contributed by atoms with Gasteiger partial charge in [0.05, 0.1) is 37.6 Å². The van der Waals surface area contributed by atoms with Gasteiger partial charge < -0.3 is 29.1 Å². The second-order valence-corrected chi connectivity index (χ2v) is 12.6. The van der Waals surface area contributed by atoms with Crippen LogP contribution < -0.4 is 14.5 Å². The van der Waals surface area contributed by atoms with Crippen LogP contribution >= 0.6 is 11.3 Å². The third kappa shape index (κ3) is 7.06. The molecule has 5 heterocycles. The number of carbonyl (C=O) groups is 1. The molecule has 3 aromatic rings. The second kappa shape index (κ2) is 14.2. The number of carbonyl (C=O) groups excluding carboxylic acids is 1. The average Bonchev–Trinajstić information content (AvgIpc) is 3.71. The molecule has 43 heavy (non-hydrogen) atoms. The second-order valence-electron chi connectivity index (χ2n) is 11.8. The molecule has 232 valence electrons. The van der Waals surface area contributed by atoms with Gasteiger partial charge in [0.2, 0.25) is 5.91 Å². The molecule has 11 heteroatoms. The number of ether oxygens (including phenoxy) is 2. The van der Waals surface area contributed by atoms with E-state index in [0.29, 0.717) is 6.42 Å². The molecule has 10 nitrogen and oxygen atoms in total. The summed E-state index contributed by atoms with van der Waals surface area (Å²) in [5.74, 6) is 1.03. The highest BCUT2D eigenvalue weighted by Gasteiger charge is 2.31. The SMILES string of the molecule is COc1ccc2cccnc2c1N1CCCN(C(CC(=O)N(C)CCN2CCCC2)c2csc(N3CCOCC3)n2)CC1. The molecule has 0 aliphatic carbocycles. The molecule has 0 bridgehead atoms. The first-order chi connectivity index (χ1) is 21.1. The summed E-state index contributed by atoms with van der Waals surface area (Å²) in [4.78, 5) is 35.1. The van der Waals surface area contributed by atoms with Crippen molar-refractivity contribution in [1.82, 2.24) is 24.7 Å². The number of anilines is 2. The van der Waals surface area contributed by atoms with Gasteiger partial charge in [-0.15, -0.1) is 11.3 Å². The first kappa shape index (κ1) is 30.1. The number of hydrogen-bond acceptors (Lipinski definition) is 10. The fraction of sp³-hybridized carbons (Fsp3) is 0.594. The molecule has 0 radical (unpaired) electrons. The average molecular weight is 608 g/mol. The summed E-state index contributed by atoms with van der Waals surface area (Å²) in [7, 11) is 3.69. The Bertz CT molecular complexity index is 1360. The zero-order valence-corrected chi connectivity index (χ0v) is 26.4. The molecule has 3 aliphatic rings. The number of hydrogen-bond donors (Lipinski definition) is 0. The quantitative estimate of drug-likeness (QED) is 0.343. The Hall–Kier alpha value is -2.99. The van der Waals surface area contributed by atoms with Crippen molar-refractivity contribution < 1.29 is 14.3 Å². The Balaban J connectivity index is 1.21. The highest BCUT2D eigenvalue weighted by molar-refractivity contribution is 7.13. The van der Waals surface area contributed by atoms with Gasteiger partial charge in [-0.3, -0.25) is 14.7 Å². The molecule has 6 rings (SSSR count). The predicted octanol–water partition coefficient (Wildman–Crippen LogP) is 3.73. The minimum atomic E-state index is -0.0692. The highest BCUT2D eigenvalue weighted by atomic mass is 32.1. The van der Waals surface area contributed by atoms with Crippen molar-refractivity contribution in [3.8, 4) is 5.75 Å². The summed E-state index contributed by atoms with van der Waals surface area (Å²) in [5.41, 5.74) is 3.03. The van der Waals surface area contributed by atoms with Crippen molar-refractivity contribution in [1.29, 1.82) is 0 Å². The molecule has 0 N–H and O–H groups in total. The summed E-state index contributed by atoms with van der Waals surface area (Å²) in [6.45, 7) is 10.6. The summed E-state index contributed by atoms with van der Waals surface area (Å²) >= 11 is 1.69. The zero-order valence-electron chi connectivity index (χ0n) is 25.6. The van der Waals surface area contributed by atoms with E-state index in [1.807, 2.05) is 30.3 Å². The molecule has 0 spiro atoms. The summed E-state index contributed by atoms with van der Waals surface area (Å²) in [6.07, 6.45) is 5.79. The van der Waals surface area contributed by atoms with Crippen LogP contribution in [0.15, 0.2) is 35.8 Å². The van der Waals surface area contributed by atoms with Crippen molar-refractivity contribution >= 4 is 39.0 Å². The normalized spacial score (nSPS) is 19.5. The van der Waals surface area contributed by atoms with E-state index in [-0.39, 0.29) is 11.9 Å². The van der Waals surface area contributed by atoms with Gasteiger partial charge in [0, 0.05) is 82.8 Å². The van der Waals surface area contributed by atoms with Crippen LogP contribution in [0.2, 0.25) is 0 Å². The van der Waals surface area contributed by atoms with E-state index >= 15 is 0 Å². The maximum Gasteiger partial charge on any atom is 0.224 e. The number of thiazole rings is 1. The smallest absolute Gasteiger partial charge is 0.224 e. The van der Waals surface area contributed by atoms with Crippen molar-refractivity contribution in [3.63, 3.8) is 0 Å². The van der Waals surface area contributed by atoms with Crippen LogP contribution in [-0.2, 0) is 9.53 Å². The molecule has 3 saturated heterocycles. The number of likely N-dealkylation sites (tertiary alicyclic amines) is 1. The Morgan fingerprint density at radius 1 is 1.02 bits per heavy atom. The number of morpholine rings is 1. The number of rotatable bonds is 10. The van der Waals surface area contributed by atoms with Crippen molar-refractivity contribution in [2.75, 3.05) is 103 Å². The monoisotopic (exact) mass is 607 g/mol. The lowest BCUT2D eigenvalue weighted by atomic mass is 10.1. The third-order valence-corrected chi connectivity index (χ3v) is 10.0. The van der Waals surface area contributed by atoms with Crippen LogP contribution in [0.1, 0.15) is 37.4 Å². The first-order valence-corrected chi connectivity index (χ1v) is 16.6. The van der Waals surface area contributed by atoms with Crippen LogP contribution in [0.25, 0.3) is 10.9 Å². The zero-order chi connectivity index (χ0) is 29.6. The van der Waals surface area contributed by atoms with Crippen LogP contribution in [0.4, 0.5) is 10.8 Å².